The van der Waals surface area contributed by atoms with Crippen molar-refractivity contribution in [2.75, 3.05) is 32.6 Å². The molecule has 0 saturated carbocycles. The van der Waals surface area contributed by atoms with Gasteiger partial charge in [-0.3, -0.25) is 0 Å². The van der Waals surface area contributed by atoms with Crippen LogP contribution in [0.2, 0.25) is 0 Å². The van der Waals surface area contributed by atoms with Crippen molar-refractivity contribution >= 4 is 5.69 Å². The number of hydrogen-bond acceptors (Lipinski definition) is 5. The Bertz CT molecular complexity index is 409. The van der Waals surface area contributed by atoms with Crippen LogP contribution in [0.15, 0.2) is 12.1 Å². The molecule has 2 atom stereocenters. The zero-order valence-corrected chi connectivity index (χ0v) is 10.1. The van der Waals surface area contributed by atoms with Gasteiger partial charge in [-0.25, -0.2) is 0 Å². The van der Waals surface area contributed by atoms with Gasteiger partial charge < -0.3 is 25.6 Å². The summed E-state index contributed by atoms with van der Waals surface area (Å²) in [6.45, 7) is 1.08. The minimum absolute atomic E-state index is 0.0283. The number of anilines is 1. The van der Waals surface area contributed by atoms with Gasteiger partial charge in [-0.05, 0) is 12.6 Å². The van der Waals surface area contributed by atoms with Gasteiger partial charge in [-0.2, -0.15) is 0 Å². The van der Waals surface area contributed by atoms with Gasteiger partial charge in [0.1, 0.15) is 0 Å². The molecule has 1 aromatic rings. The molecule has 5 nitrogen and oxygen atoms in total. The molecule has 0 bridgehead atoms. The highest BCUT2D eigenvalue weighted by atomic mass is 16.5. The van der Waals surface area contributed by atoms with E-state index < -0.39 is 6.10 Å². The van der Waals surface area contributed by atoms with Crippen LogP contribution in [0.1, 0.15) is 11.7 Å². The average Bonchev–Trinajstić information content (AvgIpc) is 2.37. The third kappa shape index (κ3) is 1.92. The van der Waals surface area contributed by atoms with E-state index in [0.717, 1.165) is 11.3 Å². The number of nitrogens with one attached hydrogen (secondary N) is 1. The number of benzene rings is 1. The number of hydrogen-bond donors (Lipinski definition) is 3. The van der Waals surface area contributed by atoms with Crippen molar-refractivity contribution in [2.45, 2.75) is 6.10 Å². The van der Waals surface area contributed by atoms with Crippen LogP contribution in [0, 0.1) is 5.92 Å². The quantitative estimate of drug-likeness (QED) is 0.724. The van der Waals surface area contributed by atoms with E-state index in [9.17, 15) is 5.11 Å². The molecule has 0 unspecified atom stereocenters. The first-order chi connectivity index (χ1) is 8.22. The van der Waals surface area contributed by atoms with E-state index in [4.69, 9.17) is 15.2 Å². The number of methoxy groups -OCH3 is 2. The highest BCUT2D eigenvalue weighted by Crippen LogP contribution is 2.44. The second-order valence-electron chi connectivity index (χ2n) is 4.09. The summed E-state index contributed by atoms with van der Waals surface area (Å²) < 4.78 is 10.5. The molecule has 0 saturated heterocycles. The molecule has 1 heterocycles. The molecule has 17 heavy (non-hydrogen) atoms. The average molecular weight is 238 g/mol. The molecule has 1 aliphatic rings. The van der Waals surface area contributed by atoms with Crippen LogP contribution in [0.5, 0.6) is 11.5 Å². The van der Waals surface area contributed by atoms with Crippen LogP contribution < -0.4 is 20.5 Å². The second-order valence-corrected chi connectivity index (χ2v) is 4.09. The van der Waals surface area contributed by atoms with Gasteiger partial charge in [0, 0.05) is 18.0 Å². The van der Waals surface area contributed by atoms with E-state index in [2.05, 4.69) is 5.32 Å². The van der Waals surface area contributed by atoms with Crippen LogP contribution in [-0.4, -0.2) is 32.4 Å². The minimum atomic E-state index is -0.559. The van der Waals surface area contributed by atoms with Crippen molar-refractivity contribution in [3.8, 4) is 11.5 Å². The summed E-state index contributed by atoms with van der Waals surface area (Å²) in [6, 6.07) is 3.64. The predicted molar refractivity (Wildman–Crippen MR) is 65.5 cm³/mol. The Morgan fingerprint density at radius 1 is 1.41 bits per heavy atom. The molecule has 0 spiro atoms. The van der Waals surface area contributed by atoms with E-state index in [0.29, 0.717) is 24.6 Å². The standard InChI is InChI=1S/C12H18N2O3/c1-16-9-4-3-8-10(12(9)17-2)14-6-7(5-13)11(8)15/h3-4,7,11,14-15H,5-6,13H2,1-2H3/t7-,11-/m0/s1. The van der Waals surface area contributed by atoms with Gasteiger partial charge >= 0.3 is 0 Å². The Morgan fingerprint density at radius 3 is 2.76 bits per heavy atom. The van der Waals surface area contributed by atoms with E-state index in [1.165, 1.54) is 0 Å². The summed E-state index contributed by atoms with van der Waals surface area (Å²) in [5, 5.41) is 13.4. The van der Waals surface area contributed by atoms with Crippen LogP contribution >= 0.6 is 0 Å². The molecule has 0 amide bonds. The summed E-state index contributed by atoms with van der Waals surface area (Å²) in [6.07, 6.45) is -0.559. The SMILES string of the molecule is COc1ccc2c(c1OC)NC[C@H](CN)[C@@H]2O. The summed E-state index contributed by atoms with van der Waals surface area (Å²) in [7, 11) is 3.17. The largest absolute Gasteiger partial charge is 0.493 e. The molecular formula is C12H18N2O3. The van der Waals surface area contributed by atoms with Gasteiger partial charge in [0.05, 0.1) is 26.0 Å². The molecule has 4 N–H and O–H groups in total. The fourth-order valence-electron chi connectivity index (χ4n) is 2.18. The van der Waals surface area contributed by atoms with Crippen molar-refractivity contribution in [1.82, 2.24) is 0 Å². The van der Waals surface area contributed by atoms with Crippen LogP contribution in [0.4, 0.5) is 5.69 Å². The lowest BCUT2D eigenvalue weighted by atomic mass is 9.90. The Balaban J connectivity index is 2.47. The Morgan fingerprint density at radius 2 is 2.18 bits per heavy atom. The summed E-state index contributed by atoms with van der Waals surface area (Å²) >= 11 is 0. The molecule has 0 aliphatic carbocycles. The molecule has 1 aliphatic heterocycles. The summed E-state index contributed by atoms with van der Waals surface area (Å²) in [5.74, 6) is 1.30. The van der Waals surface area contributed by atoms with Crippen molar-refractivity contribution in [2.24, 2.45) is 11.7 Å². The van der Waals surface area contributed by atoms with Gasteiger partial charge in [0.2, 0.25) is 0 Å². The van der Waals surface area contributed by atoms with Crippen molar-refractivity contribution < 1.29 is 14.6 Å². The maximum atomic E-state index is 10.2. The Kier molecular flexibility index (Phi) is 3.40. The van der Waals surface area contributed by atoms with Gasteiger partial charge in [0.25, 0.3) is 0 Å². The highest BCUT2D eigenvalue weighted by molar-refractivity contribution is 5.69. The van der Waals surface area contributed by atoms with Gasteiger partial charge in [-0.15, -0.1) is 0 Å². The Hall–Kier alpha value is -1.46. The van der Waals surface area contributed by atoms with Crippen molar-refractivity contribution in [1.29, 1.82) is 0 Å². The molecule has 2 rings (SSSR count). The third-order valence-corrected chi connectivity index (χ3v) is 3.19. The monoisotopic (exact) mass is 238 g/mol. The number of ether oxygens (including phenoxy) is 2. The first-order valence-electron chi connectivity index (χ1n) is 5.59. The van der Waals surface area contributed by atoms with E-state index in [1.807, 2.05) is 6.07 Å². The van der Waals surface area contributed by atoms with E-state index >= 15 is 0 Å². The lowest BCUT2D eigenvalue weighted by Gasteiger charge is -2.31. The van der Waals surface area contributed by atoms with Crippen molar-refractivity contribution in [3.05, 3.63) is 17.7 Å². The number of fused-ring (bicyclic) bond motifs is 1. The molecule has 0 radical (unpaired) electrons. The number of aliphatic hydroxyl groups excluding tert-OH is 1. The lowest BCUT2D eigenvalue weighted by Crippen LogP contribution is -2.33. The van der Waals surface area contributed by atoms with Crippen LogP contribution in [0.25, 0.3) is 0 Å². The smallest absolute Gasteiger partial charge is 0.184 e. The molecule has 5 heteroatoms. The molecule has 0 fully saturated rings. The maximum Gasteiger partial charge on any atom is 0.184 e. The third-order valence-electron chi connectivity index (χ3n) is 3.19. The number of rotatable bonds is 3. The van der Waals surface area contributed by atoms with Crippen LogP contribution in [0.3, 0.4) is 0 Å². The second kappa shape index (κ2) is 4.81. The fraction of sp³-hybridized carbons (Fsp3) is 0.500. The maximum absolute atomic E-state index is 10.2. The number of nitrogens with two attached hydrogens (primary N) is 1. The zero-order valence-electron chi connectivity index (χ0n) is 10.1. The summed E-state index contributed by atoms with van der Waals surface area (Å²) in [5.41, 5.74) is 7.23. The van der Waals surface area contributed by atoms with E-state index in [-0.39, 0.29) is 5.92 Å². The van der Waals surface area contributed by atoms with E-state index in [1.54, 1.807) is 20.3 Å². The molecule has 1 aromatic carbocycles. The van der Waals surface area contributed by atoms with Crippen molar-refractivity contribution in [3.63, 3.8) is 0 Å². The van der Waals surface area contributed by atoms with Gasteiger partial charge in [-0.1, -0.05) is 6.07 Å². The normalized spacial score (nSPS) is 22.6. The topological polar surface area (TPSA) is 76.7 Å². The highest BCUT2D eigenvalue weighted by Gasteiger charge is 2.30. The zero-order chi connectivity index (χ0) is 12.4. The molecular weight excluding hydrogens is 220 g/mol. The van der Waals surface area contributed by atoms with Gasteiger partial charge in [0.15, 0.2) is 11.5 Å². The fourth-order valence-corrected chi connectivity index (χ4v) is 2.18. The minimum Gasteiger partial charge on any atom is -0.493 e. The van der Waals surface area contributed by atoms with Crippen LogP contribution in [-0.2, 0) is 0 Å². The Labute approximate surface area is 101 Å². The number of aliphatic hydroxyl groups is 1. The first kappa shape index (κ1) is 12.0. The summed E-state index contributed by atoms with van der Waals surface area (Å²) in [4.78, 5) is 0. The molecule has 94 valence electrons. The molecule has 0 aromatic heterocycles. The predicted octanol–water partition coefficient (Wildman–Crippen LogP) is 0.738. The first-order valence-corrected chi connectivity index (χ1v) is 5.59. The lowest BCUT2D eigenvalue weighted by molar-refractivity contribution is 0.114.